The number of carbonyl (C=O) groups excluding carboxylic acids is 1. The Morgan fingerprint density at radius 3 is 2.79 bits per heavy atom. The van der Waals surface area contributed by atoms with Gasteiger partial charge in [0.1, 0.15) is 5.69 Å². The van der Waals surface area contributed by atoms with Crippen LogP contribution in [-0.4, -0.2) is 41.6 Å². The van der Waals surface area contributed by atoms with E-state index in [1.807, 2.05) is 6.07 Å². The number of benzene rings is 1. The molecule has 2 heterocycles. The summed E-state index contributed by atoms with van der Waals surface area (Å²) < 4.78 is 28.4. The molecule has 180 valence electrons. The number of pyridine rings is 1. The normalized spacial score (nSPS) is 18.2. The van der Waals surface area contributed by atoms with Gasteiger partial charge in [0.25, 0.3) is 0 Å². The molecule has 0 radical (unpaired) electrons. The summed E-state index contributed by atoms with van der Waals surface area (Å²) >= 11 is 12.0. The van der Waals surface area contributed by atoms with Crippen LogP contribution >= 0.6 is 23.2 Å². The second-order valence-corrected chi connectivity index (χ2v) is 10.2. The monoisotopic (exact) mass is 523 g/mol. The summed E-state index contributed by atoms with van der Waals surface area (Å²) in [6.45, 7) is 0.488. The number of rotatable bonds is 9. The Labute approximate surface area is 207 Å². The van der Waals surface area contributed by atoms with Crippen molar-refractivity contribution in [3.8, 4) is 0 Å². The van der Waals surface area contributed by atoms with E-state index < -0.39 is 10.3 Å². The quantitative estimate of drug-likeness (QED) is 0.409. The Morgan fingerprint density at radius 2 is 2.03 bits per heavy atom. The number of carbonyl (C=O) groups is 1. The molecule has 0 spiro atoms. The average Bonchev–Trinajstić information content (AvgIpc) is 3.44. The van der Waals surface area contributed by atoms with Crippen LogP contribution in [0.1, 0.15) is 40.9 Å². The molecule has 1 saturated carbocycles. The van der Waals surface area contributed by atoms with Crippen LogP contribution in [0.4, 0.5) is 5.69 Å². The molecule has 12 heteroatoms. The lowest BCUT2D eigenvalue weighted by Crippen LogP contribution is -2.21. The Morgan fingerprint density at radius 1 is 1.21 bits per heavy atom. The van der Waals surface area contributed by atoms with Gasteiger partial charge in [0, 0.05) is 30.3 Å². The Balaban J connectivity index is 1.42. The zero-order valence-electron chi connectivity index (χ0n) is 18.0. The maximum absolute atomic E-state index is 13.2. The van der Waals surface area contributed by atoms with Crippen molar-refractivity contribution in [3.05, 3.63) is 75.8 Å². The predicted molar refractivity (Wildman–Crippen MR) is 129 cm³/mol. The van der Waals surface area contributed by atoms with Crippen molar-refractivity contribution in [2.75, 3.05) is 11.9 Å². The molecule has 1 fully saturated rings. The molecule has 0 aliphatic heterocycles. The molecule has 0 saturated heterocycles. The molecule has 3 N–H and O–H groups in total. The highest BCUT2D eigenvalue weighted by Crippen LogP contribution is 2.30. The fourth-order valence-electron chi connectivity index (χ4n) is 4.00. The van der Waals surface area contributed by atoms with Gasteiger partial charge in [0.05, 0.1) is 28.8 Å². The van der Waals surface area contributed by atoms with E-state index >= 15 is 0 Å². The van der Waals surface area contributed by atoms with Gasteiger partial charge >= 0.3 is 10.3 Å². The fraction of sp³-hybridized carbons (Fsp3) is 0.318. The van der Waals surface area contributed by atoms with Crippen molar-refractivity contribution in [3.63, 3.8) is 0 Å². The zero-order chi connectivity index (χ0) is 24.3. The Hall–Kier alpha value is -2.50. The number of hydrogen-bond donors (Lipinski definition) is 2. The maximum Gasteiger partial charge on any atom is 0.333 e. The molecule has 3 aromatic rings. The van der Waals surface area contributed by atoms with Crippen LogP contribution in [0.3, 0.4) is 0 Å². The van der Waals surface area contributed by atoms with Crippen molar-refractivity contribution >= 4 is 45.0 Å². The van der Waals surface area contributed by atoms with Gasteiger partial charge < -0.3 is 5.32 Å². The summed E-state index contributed by atoms with van der Waals surface area (Å²) in [5, 5.41) is 13.6. The summed E-state index contributed by atoms with van der Waals surface area (Å²) in [6.07, 6.45) is 7.15. The van der Waals surface area contributed by atoms with Crippen molar-refractivity contribution in [1.29, 1.82) is 0 Å². The molecule has 9 nitrogen and oxygen atoms in total. The minimum Gasteiger partial charge on any atom is -0.382 e. The van der Waals surface area contributed by atoms with Gasteiger partial charge in [0.2, 0.25) is 5.78 Å². The average molecular weight is 524 g/mol. The third-order valence-corrected chi connectivity index (χ3v) is 6.84. The van der Waals surface area contributed by atoms with Crippen LogP contribution in [0.5, 0.6) is 0 Å². The lowest BCUT2D eigenvalue weighted by Gasteiger charge is -2.16. The van der Waals surface area contributed by atoms with Gasteiger partial charge in [-0.25, -0.2) is 5.14 Å². The first-order valence-electron chi connectivity index (χ1n) is 10.6. The van der Waals surface area contributed by atoms with Crippen LogP contribution in [0.2, 0.25) is 10.0 Å². The Kier molecular flexibility index (Phi) is 7.54. The van der Waals surface area contributed by atoms with E-state index in [-0.39, 0.29) is 24.3 Å². The molecular formula is C22H23Cl2N5O4S. The first-order valence-corrected chi connectivity index (χ1v) is 12.8. The fourth-order valence-corrected chi connectivity index (χ4v) is 4.71. The molecule has 1 aliphatic rings. The summed E-state index contributed by atoms with van der Waals surface area (Å²) in [7, 11) is -3.95. The molecular weight excluding hydrogens is 501 g/mol. The van der Waals surface area contributed by atoms with E-state index in [9.17, 15) is 13.2 Å². The topological polar surface area (TPSA) is 129 Å². The molecule has 4 rings (SSSR count). The smallest absolute Gasteiger partial charge is 0.333 e. The first-order chi connectivity index (χ1) is 16.2. The van der Waals surface area contributed by atoms with Gasteiger partial charge in [-0.1, -0.05) is 29.3 Å². The SMILES string of the molecule is NS(=O)(=O)OCC1CCC(Nc2ccncc2C(=O)c2ccn(Cc3ccc(Cl)c(Cl)c3)n2)C1. The van der Waals surface area contributed by atoms with Crippen LogP contribution in [0, 0.1) is 5.92 Å². The highest BCUT2D eigenvalue weighted by atomic mass is 35.5. The van der Waals surface area contributed by atoms with Crippen LogP contribution in [0.25, 0.3) is 0 Å². The molecule has 34 heavy (non-hydrogen) atoms. The van der Waals surface area contributed by atoms with Crippen molar-refractivity contribution in [1.82, 2.24) is 14.8 Å². The van der Waals surface area contributed by atoms with Gasteiger partial charge in [0.15, 0.2) is 0 Å². The highest BCUT2D eigenvalue weighted by molar-refractivity contribution is 7.84. The van der Waals surface area contributed by atoms with E-state index in [0.717, 1.165) is 18.4 Å². The number of hydrogen-bond acceptors (Lipinski definition) is 7. The predicted octanol–water partition coefficient (Wildman–Crippen LogP) is 3.66. The standard InChI is InChI=1S/C22H23Cl2N5O4S/c23-18-4-2-14(10-19(18)24)12-29-8-6-21(28-29)22(30)17-11-26-7-5-20(17)27-16-3-1-15(9-16)13-33-34(25,31)32/h2,4-8,10-11,15-16H,1,3,9,12-13H2,(H,26,27)(H2,25,31,32). The number of nitrogens with one attached hydrogen (secondary N) is 1. The van der Waals surface area contributed by atoms with Gasteiger partial charge in [-0.3, -0.25) is 18.6 Å². The summed E-state index contributed by atoms with van der Waals surface area (Å²) in [6, 6.07) is 8.80. The van der Waals surface area contributed by atoms with Crippen molar-refractivity contribution < 1.29 is 17.4 Å². The molecule has 1 aromatic carbocycles. The minimum atomic E-state index is -3.95. The van der Waals surface area contributed by atoms with Crippen LogP contribution < -0.4 is 10.5 Å². The maximum atomic E-state index is 13.2. The highest BCUT2D eigenvalue weighted by Gasteiger charge is 2.27. The number of halogens is 2. The lowest BCUT2D eigenvalue weighted by molar-refractivity contribution is 0.103. The second kappa shape index (κ2) is 10.4. The van der Waals surface area contributed by atoms with Crippen molar-refractivity contribution in [2.45, 2.75) is 31.8 Å². The van der Waals surface area contributed by atoms with Gasteiger partial charge in [-0.15, -0.1) is 0 Å². The molecule has 2 unspecified atom stereocenters. The van der Waals surface area contributed by atoms with Crippen molar-refractivity contribution in [2.24, 2.45) is 11.1 Å². The minimum absolute atomic E-state index is 0.0510. The van der Waals surface area contributed by atoms with E-state index in [1.54, 1.807) is 41.3 Å². The zero-order valence-corrected chi connectivity index (χ0v) is 20.4. The van der Waals surface area contributed by atoms with E-state index in [1.165, 1.54) is 6.20 Å². The van der Waals surface area contributed by atoms with Gasteiger partial charge in [-0.05, 0) is 55.0 Å². The van der Waals surface area contributed by atoms with E-state index in [4.69, 9.17) is 32.5 Å². The molecule has 1 aliphatic carbocycles. The number of aromatic nitrogens is 3. The largest absolute Gasteiger partial charge is 0.382 e. The van der Waals surface area contributed by atoms with E-state index in [2.05, 4.69) is 15.4 Å². The number of nitrogens with zero attached hydrogens (tertiary/aromatic N) is 3. The molecule has 0 amide bonds. The lowest BCUT2D eigenvalue weighted by atomic mass is 10.1. The number of anilines is 1. The summed E-state index contributed by atoms with van der Waals surface area (Å²) in [5.74, 6) is -0.190. The second-order valence-electron chi connectivity index (χ2n) is 8.20. The van der Waals surface area contributed by atoms with Crippen LogP contribution in [-0.2, 0) is 21.0 Å². The number of ketones is 1. The van der Waals surface area contributed by atoms with Crippen LogP contribution in [0.15, 0.2) is 48.9 Å². The number of nitrogens with two attached hydrogens (primary N) is 1. The summed E-state index contributed by atoms with van der Waals surface area (Å²) in [5.41, 5.74) is 2.26. The molecule has 2 aromatic heterocycles. The third kappa shape index (κ3) is 6.34. The summed E-state index contributed by atoms with van der Waals surface area (Å²) in [4.78, 5) is 17.3. The molecule has 0 bridgehead atoms. The third-order valence-electron chi connectivity index (χ3n) is 5.64. The van der Waals surface area contributed by atoms with Gasteiger partial charge in [-0.2, -0.15) is 13.5 Å². The van der Waals surface area contributed by atoms with E-state index in [0.29, 0.717) is 40.0 Å². The molecule has 2 atom stereocenters. The Bertz CT molecular complexity index is 1300. The first kappa shape index (κ1) is 24.6.